The maximum atomic E-state index is 11.6. The molecule has 0 aliphatic heterocycles. The Labute approximate surface area is 127 Å². The normalized spacial score (nSPS) is 10.2. The zero-order valence-electron chi connectivity index (χ0n) is 12.3. The van der Waals surface area contributed by atoms with Gasteiger partial charge in [0.2, 0.25) is 5.91 Å². The Hall–Kier alpha value is -2.08. The summed E-state index contributed by atoms with van der Waals surface area (Å²) in [7, 11) is 3.20. The second kappa shape index (κ2) is 7.08. The van der Waals surface area contributed by atoms with Crippen LogP contribution in [0.5, 0.6) is 11.5 Å². The standard InChI is InChI=1S/C15H18N2O3S/c1-4-5-14(18)17-15-16-11(9-21-15)10-6-7-12(19-2)13(8-10)20-3/h6-9H,4-5H2,1-3H3,(H,16,17,18). The Morgan fingerprint density at radius 3 is 2.71 bits per heavy atom. The van der Waals surface area contributed by atoms with E-state index in [0.717, 1.165) is 17.7 Å². The summed E-state index contributed by atoms with van der Waals surface area (Å²) in [5.74, 6) is 1.32. The average Bonchev–Trinajstić information content (AvgIpc) is 2.95. The number of aromatic nitrogens is 1. The molecule has 1 amide bonds. The molecule has 5 nitrogen and oxygen atoms in total. The Morgan fingerprint density at radius 2 is 2.05 bits per heavy atom. The van der Waals surface area contributed by atoms with Crippen LogP contribution in [-0.4, -0.2) is 25.1 Å². The van der Waals surface area contributed by atoms with Gasteiger partial charge in [-0.15, -0.1) is 11.3 Å². The average molecular weight is 306 g/mol. The van der Waals surface area contributed by atoms with Crippen molar-refractivity contribution in [3.63, 3.8) is 0 Å². The molecule has 0 spiro atoms. The molecule has 0 radical (unpaired) electrons. The van der Waals surface area contributed by atoms with Gasteiger partial charge in [-0.05, 0) is 24.6 Å². The number of thiazole rings is 1. The van der Waals surface area contributed by atoms with Crippen molar-refractivity contribution in [2.45, 2.75) is 19.8 Å². The Balaban J connectivity index is 2.19. The number of methoxy groups -OCH3 is 2. The zero-order valence-corrected chi connectivity index (χ0v) is 13.1. The van der Waals surface area contributed by atoms with Crippen molar-refractivity contribution in [3.8, 4) is 22.8 Å². The molecule has 1 heterocycles. The second-order valence-electron chi connectivity index (χ2n) is 4.41. The SMILES string of the molecule is CCCC(=O)Nc1nc(-c2ccc(OC)c(OC)c2)cs1. The van der Waals surface area contributed by atoms with Crippen molar-refractivity contribution in [2.24, 2.45) is 0 Å². The van der Waals surface area contributed by atoms with Crippen LogP contribution in [0.2, 0.25) is 0 Å². The smallest absolute Gasteiger partial charge is 0.226 e. The molecule has 2 aromatic rings. The maximum Gasteiger partial charge on any atom is 0.226 e. The van der Waals surface area contributed by atoms with Gasteiger partial charge in [0.15, 0.2) is 16.6 Å². The lowest BCUT2D eigenvalue weighted by molar-refractivity contribution is -0.116. The van der Waals surface area contributed by atoms with Crippen LogP contribution in [0.4, 0.5) is 5.13 Å². The van der Waals surface area contributed by atoms with Gasteiger partial charge >= 0.3 is 0 Å². The Morgan fingerprint density at radius 1 is 1.29 bits per heavy atom. The molecule has 0 saturated carbocycles. The molecule has 0 aliphatic carbocycles. The third-order valence-electron chi connectivity index (χ3n) is 2.91. The van der Waals surface area contributed by atoms with Gasteiger partial charge in [-0.1, -0.05) is 6.92 Å². The fourth-order valence-corrected chi connectivity index (χ4v) is 2.60. The molecule has 0 saturated heterocycles. The Kier molecular flexibility index (Phi) is 5.16. The summed E-state index contributed by atoms with van der Waals surface area (Å²) in [6.45, 7) is 1.97. The van der Waals surface area contributed by atoms with Crippen molar-refractivity contribution in [3.05, 3.63) is 23.6 Å². The van der Waals surface area contributed by atoms with Gasteiger partial charge in [-0.3, -0.25) is 4.79 Å². The first-order valence-electron chi connectivity index (χ1n) is 6.65. The molecule has 21 heavy (non-hydrogen) atoms. The predicted octanol–water partition coefficient (Wildman–Crippen LogP) is 3.57. The summed E-state index contributed by atoms with van der Waals surface area (Å²) in [6.07, 6.45) is 1.32. The number of anilines is 1. The summed E-state index contributed by atoms with van der Waals surface area (Å²) in [6, 6.07) is 5.61. The van der Waals surface area contributed by atoms with Crippen molar-refractivity contribution in [1.29, 1.82) is 0 Å². The van der Waals surface area contributed by atoms with E-state index < -0.39 is 0 Å². The molecule has 0 unspecified atom stereocenters. The van der Waals surface area contributed by atoms with E-state index in [4.69, 9.17) is 9.47 Å². The van der Waals surface area contributed by atoms with Gasteiger partial charge in [0.1, 0.15) is 0 Å². The number of ether oxygens (including phenoxy) is 2. The van der Waals surface area contributed by atoms with Crippen molar-refractivity contribution >= 4 is 22.4 Å². The molecule has 1 aromatic carbocycles. The molecular weight excluding hydrogens is 288 g/mol. The third-order valence-corrected chi connectivity index (χ3v) is 3.66. The number of hydrogen-bond acceptors (Lipinski definition) is 5. The van der Waals surface area contributed by atoms with Crippen LogP contribution in [0.25, 0.3) is 11.3 Å². The first kappa shape index (κ1) is 15.3. The minimum absolute atomic E-state index is 0.00860. The largest absolute Gasteiger partial charge is 0.493 e. The van der Waals surface area contributed by atoms with Crippen LogP contribution in [0.15, 0.2) is 23.6 Å². The second-order valence-corrected chi connectivity index (χ2v) is 5.26. The van der Waals surface area contributed by atoms with Crippen molar-refractivity contribution in [1.82, 2.24) is 4.98 Å². The van der Waals surface area contributed by atoms with Crippen molar-refractivity contribution in [2.75, 3.05) is 19.5 Å². The van der Waals surface area contributed by atoms with E-state index in [-0.39, 0.29) is 5.91 Å². The topological polar surface area (TPSA) is 60.5 Å². The van der Waals surface area contributed by atoms with E-state index in [1.807, 2.05) is 30.5 Å². The van der Waals surface area contributed by atoms with Crippen LogP contribution in [-0.2, 0) is 4.79 Å². The number of rotatable bonds is 6. The van der Waals surface area contributed by atoms with E-state index in [1.165, 1.54) is 11.3 Å². The minimum Gasteiger partial charge on any atom is -0.493 e. The van der Waals surface area contributed by atoms with Gasteiger partial charge in [-0.25, -0.2) is 4.98 Å². The molecule has 2 rings (SSSR count). The van der Waals surface area contributed by atoms with Gasteiger partial charge in [0, 0.05) is 17.4 Å². The summed E-state index contributed by atoms with van der Waals surface area (Å²) in [5, 5.41) is 5.31. The monoisotopic (exact) mass is 306 g/mol. The van der Waals surface area contributed by atoms with Crippen molar-refractivity contribution < 1.29 is 14.3 Å². The molecule has 0 atom stereocenters. The van der Waals surface area contributed by atoms with E-state index in [0.29, 0.717) is 23.1 Å². The van der Waals surface area contributed by atoms with Crippen LogP contribution in [0, 0.1) is 0 Å². The minimum atomic E-state index is -0.00860. The van der Waals surface area contributed by atoms with Crippen LogP contribution in [0.3, 0.4) is 0 Å². The van der Waals surface area contributed by atoms with E-state index in [2.05, 4.69) is 10.3 Å². The number of nitrogens with one attached hydrogen (secondary N) is 1. The van der Waals surface area contributed by atoms with Gasteiger partial charge in [-0.2, -0.15) is 0 Å². The highest BCUT2D eigenvalue weighted by Gasteiger charge is 2.10. The van der Waals surface area contributed by atoms with E-state index in [9.17, 15) is 4.79 Å². The fraction of sp³-hybridized carbons (Fsp3) is 0.333. The van der Waals surface area contributed by atoms with Crippen LogP contribution in [0.1, 0.15) is 19.8 Å². The molecule has 0 fully saturated rings. The lowest BCUT2D eigenvalue weighted by atomic mass is 10.1. The van der Waals surface area contributed by atoms with Gasteiger partial charge < -0.3 is 14.8 Å². The highest BCUT2D eigenvalue weighted by atomic mass is 32.1. The quantitative estimate of drug-likeness (QED) is 0.886. The van der Waals surface area contributed by atoms with Crippen LogP contribution >= 0.6 is 11.3 Å². The number of carbonyl (C=O) groups is 1. The lowest BCUT2D eigenvalue weighted by Crippen LogP contribution is -2.10. The summed E-state index contributed by atoms with van der Waals surface area (Å²) < 4.78 is 10.5. The number of amides is 1. The molecular formula is C15H18N2O3S. The highest BCUT2D eigenvalue weighted by Crippen LogP contribution is 2.33. The first-order chi connectivity index (χ1) is 10.2. The number of nitrogens with zero attached hydrogens (tertiary/aromatic N) is 1. The highest BCUT2D eigenvalue weighted by molar-refractivity contribution is 7.14. The zero-order chi connectivity index (χ0) is 15.2. The molecule has 112 valence electrons. The maximum absolute atomic E-state index is 11.6. The van der Waals surface area contributed by atoms with Gasteiger partial charge in [0.05, 0.1) is 19.9 Å². The summed E-state index contributed by atoms with van der Waals surface area (Å²) in [5.41, 5.74) is 1.72. The molecule has 0 aliphatic rings. The molecule has 1 N–H and O–H groups in total. The van der Waals surface area contributed by atoms with E-state index in [1.54, 1.807) is 14.2 Å². The van der Waals surface area contributed by atoms with Crippen LogP contribution < -0.4 is 14.8 Å². The number of carbonyl (C=O) groups excluding carboxylic acids is 1. The fourth-order valence-electron chi connectivity index (χ4n) is 1.87. The summed E-state index contributed by atoms with van der Waals surface area (Å²) >= 11 is 1.41. The number of hydrogen-bond donors (Lipinski definition) is 1. The number of benzene rings is 1. The molecule has 6 heteroatoms. The van der Waals surface area contributed by atoms with Gasteiger partial charge in [0.25, 0.3) is 0 Å². The van der Waals surface area contributed by atoms with E-state index >= 15 is 0 Å². The summed E-state index contributed by atoms with van der Waals surface area (Å²) in [4.78, 5) is 16.0. The molecule has 0 bridgehead atoms. The third kappa shape index (κ3) is 3.72. The first-order valence-corrected chi connectivity index (χ1v) is 7.53. The Bertz CT molecular complexity index is 625. The predicted molar refractivity (Wildman–Crippen MR) is 84.2 cm³/mol. The lowest BCUT2D eigenvalue weighted by Gasteiger charge is -2.08. The molecule has 1 aromatic heterocycles.